The van der Waals surface area contributed by atoms with Crippen molar-refractivity contribution in [1.82, 2.24) is 5.32 Å². The zero-order chi connectivity index (χ0) is 7.72. The van der Waals surface area contributed by atoms with Gasteiger partial charge in [0, 0.05) is 0 Å². The number of nitrogens with one attached hydrogen (secondary N) is 1. The minimum atomic E-state index is -0.219. The molecule has 10 heavy (non-hydrogen) atoms. The van der Waals surface area contributed by atoms with E-state index in [1.54, 1.807) is 0 Å². The van der Waals surface area contributed by atoms with E-state index >= 15 is 0 Å². The summed E-state index contributed by atoms with van der Waals surface area (Å²) in [5.41, 5.74) is 0. The second-order valence-electron chi connectivity index (χ2n) is 2.56. The van der Waals surface area contributed by atoms with Crippen LogP contribution in [0.25, 0.3) is 0 Å². The molecule has 1 fully saturated rings. The van der Waals surface area contributed by atoms with Gasteiger partial charge in [-0.1, -0.05) is 25.6 Å². The minimum absolute atomic E-state index is 0.148. The summed E-state index contributed by atoms with van der Waals surface area (Å²) >= 11 is 1.08. The van der Waals surface area contributed by atoms with E-state index in [-0.39, 0.29) is 22.3 Å². The lowest BCUT2D eigenvalue weighted by atomic mass is 10.1. The molecule has 0 aromatic heterocycles. The highest BCUT2D eigenvalue weighted by Gasteiger charge is 2.33. The first-order valence-corrected chi connectivity index (χ1v) is 4.00. The molecule has 2 amide bonds. The first-order chi connectivity index (χ1) is 4.61. The van der Waals surface area contributed by atoms with E-state index in [9.17, 15) is 9.59 Å². The molecule has 1 rings (SSSR count). The average Bonchev–Trinajstić information content (AvgIpc) is 2.10. The summed E-state index contributed by atoms with van der Waals surface area (Å²) in [6, 6.07) is 0. The van der Waals surface area contributed by atoms with Gasteiger partial charge in [0.05, 0.1) is 5.25 Å². The van der Waals surface area contributed by atoms with E-state index < -0.39 is 0 Å². The fourth-order valence-corrected chi connectivity index (χ4v) is 1.64. The van der Waals surface area contributed by atoms with Gasteiger partial charge in [0.15, 0.2) is 0 Å². The molecule has 1 unspecified atom stereocenters. The van der Waals surface area contributed by atoms with Crippen molar-refractivity contribution in [3.05, 3.63) is 0 Å². The number of thioether (sulfide) groups is 1. The van der Waals surface area contributed by atoms with Gasteiger partial charge in [0.1, 0.15) is 0 Å². The van der Waals surface area contributed by atoms with Gasteiger partial charge in [0.2, 0.25) is 5.91 Å². The van der Waals surface area contributed by atoms with Crippen molar-refractivity contribution in [2.24, 2.45) is 5.92 Å². The molecule has 0 aliphatic carbocycles. The van der Waals surface area contributed by atoms with Gasteiger partial charge in [-0.25, -0.2) is 0 Å². The van der Waals surface area contributed by atoms with E-state index in [1.807, 2.05) is 13.8 Å². The molecule has 0 radical (unpaired) electrons. The number of imide groups is 1. The van der Waals surface area contributed by atoms with Crippen molar-refractivity contribution in [3.8, 4) is 0 Å². The number of hydrogen-bond acceptors (Lipinski definition) is 3. The van der Waals surface area contributed by atoms with Crippen LogP contribution in [0.2, 0.25) is 0 Å². The van der Waals surface area contributed by atoms with Gasteiger partial charge in [-0.3, -0.25) is 14.9 Å². The first kappa shape index (κ1) is 7.60. The van der Waals surface area contributed by atoms with Crippen LogP contribution < -0.4 is 5.32 Å². The average molecular weight is 159 g/mol. The highest BCUT2D eigenvalue weighted by molar-refractivity contribution is 8.15. The molecule has 0 spiro atoms. The zero-order valence-electron chi connectivity index (χ0n) is 5.88. The van der Waals surface area contributed by atoms with Crippen molar-refractivity contribution in [2.75, 3.05) is 0 Å². The molecule has 1 heterocycles. The number of carbonyl (C=O) groups excluding carboxylic acids is 2. The Morgan fingerprint density at radius 1 is 1.50 bits per heavy atom. The predicted octanol–water partition coefficient (Wildman–Crippen LogP) is 0.994. The van der Waals surface area contributed by atoms with Gasteiger partial charge < -0.3 is 0 Å². The molecular formula is C6H9NO2S. The lowest BCUT2D eigenvalue weighted by Gasteiger charge is -2.06. The third-order valence-electron chi connectivity index (χ3n) is 1.32. The third kappa shape index (κ3) is 1.31. The summed E-state index contributed by atoms with van der Waals surface area (Å²) in [4.78, 5) is 21.5. The topological polar surface area (TPSA) is 46.2 Å². The Bertz CT molecular complexity index is 179. The predicted molar refractivity (Wildman–Crippen MR) is 39.8 cm³/mol. The largest absolute Gasteiger partial charge is 0.286 e. The fourth-order valence-electron chi connectivity index (χ4n) is 0.809. The van der Waals surface area contributed by atoms with Crippen molar-refractivity contribution in [3.63, 3.8) is 0 Å². The van der Waals surface area contributed by atoms with Crippen LogP contribution >= 0.6 is 11.8 Å². The molecule has 1 atom stereocenters. The maximum atomic E-state index is 10.9. The van der Waals surface area contributed by atoms with Crippen LogP contribution in [0, 0.1) is 5.92 Å². The van der Waals surface area contributed by atoms with Gasteiger partial charge in [0.25, 0.3) is 5.24 Å². The Balaban J connectivity index is 2.63. The van der Waals surface area contributed by atoms with E-state index in [4.69, 9.17) is 0 Å². The Labute approximate surface area is 63.6 Å². The number of rotatable bonds is 1. The monoisotopic (exact) mass is 159 g/mol. The third-order valence-corrected chi connectivity index (χ3v) is 2.65. The Kier molecular flexibility index (Phi) is 1.99. The van der Waals surface area contributed by atoms with Crippen LogP contribution in [0.15, 0.2) is 0 Å². The molecule has 1 saturated heterocycles. The van der Waals surface area contributed by atoms with Gasteiger partial charge >= 0.3 is 0 Å². The molecule has 1 aliphatic rings. The number of carbonyl (C=O) groups is 2. The molecular weight excluding hydrogens is 150 g/mol. The van der Waals surface area contributed by atoms with Crippen molar-refractivity contribution < 1.29 is 9.59 Å². The van der Waals surface area contributed by atoms with Crippen LogP contribution in [-0.4, -0.2) is 16.4 Å². The van der Waals surface area contributed by atoms with Crippen molar-refractivity contribution in [1.29, 1.82) is 0 Å². The van der Waals surface area contributed by atoms with Crippen molar-refractivity contribution >= 4 is 22.9 Å². The molecule has 56 valence electrons. The second-order valence-corrected chi connectivity index (χ2v) is 3.67. The smallest absolute Gasteiger partial charge is 0.286 e. The molecule has 0 aromatic rings. The Morgan fingerprint density at radius 3 is 2.30 bits per heavy atom. The maximum absolute atomic E-state index is 10.9. The highest BCUT2D eigenvalue weighted by atomic mass is 32.2. The molecule has 0 saturated carbocycles. The SMILES string of the molecule is CC(C)C1SC(=O)NC1=O. The standard InChI is InChI=1S/C6H9NO2S/c1-3(2)4-5(8)7-6(9)10-4/h3-4H,1-2H3,(H,7,8,9). The van der Waals surface area contributed by atoms with E-state index in [0.717, 1.165) is 11.8 Å². The first-order valence-electron chi connectivity index (χ1n) is 3.12. The van der Waals surface area contributed by atoms with E-state index in [0.29, 0.717) is 0 Å². The normalized spacial score (nSPS) is 25.7. The van der Waals surface area contributed by atoms with Crippen LogP contribution in [0.5, 0.6) is 0 Å². The molecule has 0 aromatic carbocycles. The molecule has 1 aliphatic heterocycles. The summed E-state index contributed by atoms with van der Waals surface area (Å²) in [5.74, 6) is 0.0847. The highest BCUT2D eigenvalue weighted by Crippen LogP contribution is 2.24. The second kappa shape index (κ2) is 2.62. The number of hydrogen-bond donors (Lipinski definition) is 1. The molecule has 1 N–H and O–H groups in total. The van der Waals surface area contributed by atoms with Gasteiger partial charge in [-0.05, 0) is 5.92 Å². The van der Waals surface area contributed by atoms with E-state index in [1.165, 1.54) is 0 Å². The Morgan fingerprint density at radius 2 is 2.10 bits per heavy atom. The summed E-state index contributed by atoms with van der Waals surface area (Å²) in [6.07, 6.45) is 0. The molecule has 0 bridgehead atoms. The lowest BCUT2D eigenvalue weighted by molar-refractivity contribution is -0.119. The molecule has 4 heteroatoms. The molecule has 3 nitrogen and oxygen atoms in total. The zero-order valence-corrected chi connectivity index (χ0v) is 6.70. The summed E-state index contributed by atoms with van der Waals surface area (Å²) in [6.45, 7) is 3.85. The van der Waals surface area contributed by atoms with Crippen LogP contribution in [0.1, 0.15) is 13.8 Å². The van der Waals surface area contributed by atoms with Crippen molar-refractivity contribution in [2.45, 2.75) is 19.1 Å². The lowest BCUT2D eigenvalue weighted by Crippen LogP contribution is -2.27. The van der Waals surface area contributed by atoms with E-state index in [2.05, 4.69) is 5.32 Å². The van der Waals surface area contributed by atoms with Crippen LogP contribution in [0.3, 0.4) is 0 Å². The quantitative estimate of drug-likeness (QED) is 0.620. The van der Waals surface area contributed by atoms with Crippen LogP contribution in [-0.2, 0) is 4.79 Å². The van der Waals surface area contributed by atoms with Crippen LogP contribution in [0.4, 0.5) is 4.79 Å². The van der Waals surface area contributed by atoms with Gasteiger partial charge in [-0.15, -0.1) is 0 Å². The Hall–Kier alpha value is -0.510. The minimum Gasteiger partial charge on any atom is -0.286 e. The summed E-state index contributed by atoms with van der Waals surface area (Å²) in [5, 5.41) is 1.84. The maximum Gasteiger partial charge on any atom is 0.286 e. The number of amides is 2. The summed E-state index contributed by atoms with van der Waals surface area (Å²) in [7, 11) is 0. The summed E-state index contributed by atoms with van der Waals surface area (Å²) < 4.78 is 0. The van der Waals surface area contributed by atoms with Gasteiger partial charge in [-0.2, -0.15) is 0 Å². The fraction of sp³-hybridized carbons (Fsp3) is 0.667.